The molecular formula is C16H17NO2. The van der Waals surface area contributed by atoms with Crippen LogP contribution >= 0.6 is 0 Å². The number of carboxylic acid groups (broad SMARTS) is 1. The van der Waals surface area contributed by atoms with Crippen molar-refractivity contribution in [1.82, 2.24) is 0 Å². The summed E-state index contributed by atoms with van der Waals surface area (Å²) in [5.74, 6) is -1.33. The Balaban J connectivity index is 2.45. The van der Waals surface area contributed by atoms with Gasteiger partial charge >= 0.3 is 5.97 Å². The molecule has 0 heterocycles. The van der Waals surface area contributed by atoms with Crippen molar-refractivity contribution in [2.45, 2.75) is 18.9 Å². The first-order valence-corrected chi connectivity index (χ1v) is 6.19. The quantitative estimate of drug-likeness (QED) is 0.882. The molecule has 3 N–H and O–H groups in total. The summed E-state index contributed by atoms with van der Waals surface area (Å²) >= 11 is 0. The number of aliphatic carboxylic acids is 1. The van der Waals surface area contributed by atoms with Gasteiger partial charge in [0.2, 0.25) is 0 Å². The van der Waals surface area contributed by atoms with E-state index >= 15 is 0 Å². The van der Waals surface area contributed by atoms with Gasteiger partial charge in [-0.25, -0.2) is 0 Å². The Morgan fingerprint density at radius 1 is 1.00 bits per heavy atom. The molecule has 0 aliphatic rings. The molecule has 0 saturated heterocycles. The van der Waals surface area contributed by atoms with Crippen molar-refractivity contribution >= 4 is 5.97 Å². The van der Waals surface area contributed by atoms with E-state index in [0.29, 0.717) is 0 Å². The molecule has 98 valence electrons. The van der Waals surface area contributed by atoms with Crippen LogP contribution in [0.15, 0.2) is 54.6 Å². The molecule has 2 rings (SSSR count). The standard InChI is InChI=1S/C16H17NO2/c1-11-7-9-13(10-8-11)14(15(17)16(18)19)12-5-3-2-4-6-12/h2-10,14-15H,17H2,1H3,(H,18,19). The largest absolute Gasteiger partial charge is 0.480 e. The van der Waals surface area contributed by atoms with Gasteiger partial charge in [-0.05, 0) is 18.1 Å². The second-order valence-electron chi connectivity index (χ2n) is 4.66. The smallest absolute Gasteiger partial charge is 0.321 e. The Labute approximate surface area is 112 Å². The molecule has 3 heteroatoms. The van der Waals surface area contributed by atoms with Gasteiger partial charge in [0.15, 0.2) is 0 Å². The molecule has 0 amide bonds. The molecule has 0 aromatic heterocycles. The average Bonchev–Trinajstić information content (AvgIpc) is 2.42. The molecule has 19 heavy (non-hydrogen) atoms. The van der Waals surface area contributed by atoms with Crippen LogP contribution in [0.5, 0.6) is 0 Å². The third-order valence-corrected chi connectivity index (χ3v) is 3.24. The summed E-state index contributed by atoms with van der Waals surface area (Å²) in [5.41, 5.74) is 8.84. The highest BCUT2D eigenvalue weighted by Gasteiger charge is 2.27. The van der Waals surface area contributed by atoms with Crippen LogP contribution < -0.4 is 5.73 Å². The summed E-state index contributed by atoms with van der Waals surface area (Å²) in [6, 6.07) is 16.4. The third-order valence-electron chi connectivity index (χ3n) is 3.24. The highest BCUT2D eigenvalue weighted by Crippen LogP contribution is 2.27. The van der Waals surface area contributed by atoms with Crippen molar-refractivity contribution in [1.29, 1.82) is 0 Å². The molecule has 0 bridgehead atoms. The van der Waals surface area contributed by atoms with Crippen LogP contribution in [0.3, 0.4) is 0 Å². The lowest BCUT2D eigenvalue weighted by molar-refractivity contribution is -0.138. The van der Waals surface area contributed by atoms with Gasteiger partial charge in [0, 0.05) is 5.92 Å². The predicted molar refractivity (Wildman–Crippen MR) is 75.1 cm³/mol. The number of benzene rings is 2. The minimum atomic E-state index is -0.991. The van der Waals surface area contributed by atoms with Gasteiger partial charge in [-0.2, -0.15) is 0 Å². The van der Waals surface area contributed by atoms with E-state index < -0.39 is 12.0 Å². The molecule has 3 nitrogen and oxygen atoms in total. The lowest BCUT2D eigenvalue weighted by Crippen LogP contribution is -2.37. The van der Waals surface area contributed by atoms with E-state index in [-0.39, 0.29) is 5.92 Å². The Morgan fingerprint density at radius 3 is 2.05 bits per heavy atom. The molecule has 0 saturated carbocycles. The van der Waals surface area contributed by atoms with Crippen LogP contribution in [0.4, 0.5) is 0 Å². The van der Waals surface area contributed by atoms with Gasteiger partial charge < -0.3 is 10.8 Å². The van der Waals surface area contributed by atoms with Gasteiger partial charge in [0.1, 0.15) is 6.04 Å². The van der Waals surface area contributed by atoms with E-state index in [4.69, 9.17) is 5.73 Å². The molecule has 2 atom stereocenters. The van der Waals surface area contributed by atoms with Gasteiger partial charge in [0.25, 0.3) is 0 Å². The fourth-order valence-corrected chi connectivity index (χ4v) is 2.18. The maximum absolute atomic E-state index is 11.2. The van der Waals surface area contributed by atoms with E-state index in [0.717, 1.165) is 16.7 Å². The Morgan fingerprint density at radius 2 is 1.53 bits per heavy atom. The topological polar surface area (TPSA) is 63.3 Å². The van der Waals surface area contributed by atoms with Crippen molar-refractivity contribution < 1.29 is 9.90 Å². The van der Waals surface area contributed by atoms with Crippen LogP contribution in [0.25, 0.3) is 0 Å². The van der Waals surface area contributed by atoms with Gasteiger partial charge in [-0.3, -0.25) is 4.79 Å². The average molecular weight is 255 g/mol. The molecule has 0 aliphatic carbocycles. The molecule has 2 aromatic carbocycles. The monoisotopic (exact) mass is 255 g/mol. The number of aryl methyl sites for hydroxylation is 1. The summed E-state index contributed by atoms with van der Waals surface area (Å²) in [6.07, 6.45) is 0. The molecule has 0 radical (unpaired) electrons. The minimum absolute atomic E-state index is 0.334. The maximum Gasteiger partial charge on any atom is 0.321 e. The molecule has 0 fully saturated rings. The van der Waals surface area contributed by atoms with Gasteiger partial charge in [0.05, 0.1) is 0 Å². The number of rotatable bonds is 4. The van der Waals surface area contributed by atoms with Crippen molar-refractivity contribution in [3.63, 3.8) is 0 Å². The summed E-state index contributed by atoms with van der Waals surface area (Å²) < 4.78 is 0. The lowest BCUT2D eigenvalue weighted by atomic mass is 9.85. The van der Waals surface area contributed by atoms with E-state index in [1.54, 1.807) is 0 Å². The van der Waals surface area contributed by atoms with Gasteiger partial charge in [-0.15, -0.1) is 0 Å². The van der Waals surface area contributed by atoms with Crippen LogP contribution in [0.1, 0.15) is 22.6 Å². The van der Waals surface area contributed by atoms with Crippen LogP contribution in [-0.2, 0) is 4.79 Å². The zero-order valence-corrected chi connectivity index (χ0v) is 10.8. The van der Waals surface area contributed by atoms with E-state index in [9.17, 15) is 9.90 Å². The third kappa shape index (κ3) is 3.01. The summed E-state index contributed by atoms with van der Waals surface area (Å²) in [5, 5.41) is 9.20. The SMILES string of the molecule is Cc1ccc(C(c2ccccc2)C(N)C(=O)O)cc1. The summed E-state index contributed by atoms with van der Waals surface area (Å²) in [4.78, 5) is 11.2. The first-order chi connectivity index (χ1) is 9.09. The van der Waals surface area contributed by atoms with Crippen LogP contribution in [0.2, 0.25) is 0 Å². The Hall–Kier alpha value is -2.13. The molecule has 0 aliphatic heterocycles. The first kappa shape index (κ1) is 13.3. The summed E-state index contributed by atoms with van der Waals surface area (Å²) in [7, 11) is 0. The molecule has 0 spiro atoms. The molecule has 2 aromatic rings. The Bertz CT molecular complexity index is 549. The number of carboxylic acids is 1. The first-order valence-electron chi connectivity index (χ1n) is 6.19. The number of hydrogen-bond acceptors (Lipinski definition) is 2. The van der Waals surface area contributed by atoms with Crippen LogP contribution in [0, 0.1) is 6.92 Å². The van der Waals surface area contributed by atoms with Crippen molar-refractivity contribution in [3.8, 4) is 0 Å². The Kier molecular flexibility index (Phi) is 3.97. The number of nitrogens with two attached hydrogens (primary N) is 1. The van der Waals surface area contributed by atoms with Crippen molar-refractivity contribution in [2.24, 2.45) is 5.73 Å². The fraction of sp³-hybridized carbons (Fsp3) is 0.188. The van der Waals surface area contributed by atoms with E-state index in [1.807, 2.05) is 61.5 Å². The highest BCUT2D eigenvalue weighted by atomic mass is 16.4. The van der Waals surface area contributed by atoms with Crippen molar-refractivity contribution in [3.05, 3.63) is 71.3 Å². The minimum Gasteiger partial charge on any atom is -0.480 e. The maximum atomic E-state index is 11.2. The fourth-order valence-electron chi connectivity index (χ4n) is 2.18. The van der Waals surface area contributed by atoms with E-state index in [1.165, 1.54) is 0 Å². The zero-order chi connectivity index (χ0) is 13.8. The predicted octanol–water partition coefficient (Wildman–Crippen LogP) is 2.54. The van der Waals surface area contributed by atoms with Crippen LogP contribution in [-0.4, -0.2) is 17.1 Å². The number of carbonyl (C=O) groups is 1. The second kappa shape index (κ2) is 5.67. The van der Waals surface area contributed by atoms with E-state index in [2.05, 4.69) is 0 Å². The highest BCUT2D eigenvalue weighted by molar-refractivity contribution is 5.75. The number of hydrogen-bond donors (Lipinski definition) is 2. The molecule has 2 unspecified atom stereocenters. The summed E-state index contributed by atoms with van der Waals surface area (Å²) in [6.45, 7) is 2.00. The zero-order valence-electron chi connectivity index (χ0n) is 10.8. The van der Waals surface area contributed by atoms with Gasteiger partial charge in [-0.1, -0.05) is 60.2 Å². The van der Waals surface area contributed by atoms with Crippen molar-refractivity contribution in [2.75, 3.05) is 0 Å². The second-order valence-corrected chi connectivity index (χ2v) is 4.66. The molecular weight excluding hydrogens is 238 g/mol. The lowest BCUT2D eigenvalue weighted by Gasteiger charge is -2.22. The normalized spacial score (nSPS) is 13.8.